The molecule has 0 amide bonds. The van der Waals surface area contributed by atoms with Crippen molar-refractivity contribution in [1.29, 1.82) is 0 Å². The Kier molecular flexibility index (Phi) is 11.1. The zero-order valence-electron chi connectivity index (χ0n) is 7.33. The summed E-state index contributed by atoms with van der Waals surface area (Å²) in [5.74, 6) is 0. The molecular weight excluding hydrogens is 130 g/mol. The normalized spacial score (nSPS) is 12.3. The van der Waals surface area contributed by atoms with Crippen molar-refractivity contribution in [2.45, 2.75) is 19.4 Å². The van der Waals surface area contributed by atoms with E-state index >= 15 is 0 Å². The molecule has 0 aliphatic heterocycles. The first-order chi connectivity index (χ1) is 4.54. The van der Waals surface area contributed by atoms with Crippen molar-refractivity contribution in [3.05, 3.63) is 0 Å². The molecule has 10 heavy (non-hydrogen) atoms. The molecule has 1 atom stereocenters. The van der Waals surface area contributed by atoms with E-state index in [0.29, 0.717) is 6.42 Å². The molecule has 0 aromatic rings. The summed E-state index contributed by atoms with van der Waals surface area (Å²) < 4.78 is 0. The van der Waals surface area contributed by atoms with E-state index in [-0.39, 0.29) is 6.61 Å². The third-order valence-corrected chi connectivity index (χ3v) is 0.682. The van der Waals surface area contributed by atoms with Crippen molar-refractivity contribution in [3.63, 3.8) is 0 Å². The number of hydrogen-bond acceptors (Lipinski definition) is 3. The molecule has 0 spiro atoms. The van der Waals surface area contributed by atoms with Gasteiger partial charge in [0.1, 0.15) is 0 Å². The van der Waals surface area contributed by atoms with Crippen LogP contribution >= 0.6 is 0 Å². The van der Waals surface area contributed by atoms with Gasteiger partial charge in [0.25, 0.3) is 0 Å². The van der Waals surface area contributed by atoms with Gasteiger partial charge in [-0.15, -0.1) is 0 Å². The first-order valence-corrected chi connectivity index (χ1v) is 3.44. The Balaban J connectivity index is 0. The summed E-state index contributed by atoms with van der Waals surface area (Å²) >= 11 is 0. The fourth-order valence-corrected chi connectivity index (χ4v) is 0.129. The average Bonchev–Trinajstić information content (AvgIpc) is 1.85. The Morgan fingerprint density at radius 1 is 1.30 bits per heavy atom. The van der Waals surface area contributed by atoms with Crippen LogP contribution < -0.4 is 0 Å². The summed E-state index contributed by atoms with van der Waals surface area (Å²) in [5.41, 5.74) is 0. The lowest BCUT2D eigenvalue weighted by molar-refractivity contribution is 0.0923. The lowest BCUT2D eigenvalue weighted by Crippen LogP contribution is -2.08. The molecule has 0 aliphatic rings. The Morgan fingerprint density at radius 2 is 1.60 bits per heavy atom. The minimum atomic E-state index is -0.509. The van der Waals surface area contributed by atoms with E-state index in [2.05, 4.69) is 0 Å². The fraction of sp³-hybridized carbons (Fsp3) is 1.00. The largest absolute Gasteiger partial charge is 0.394 e. The van der Waals surface area contributed by atoms with Gasteiger partial charge in [-0.2, -0.15) is 0 Å². The van der Waals surface area contributed by atoms with Crippen molar-refractivity contribution in [2.75, 3.05) is 27.7 Å². The van der Waals surface area contributed by atoms with Crippen molar-refractivity contribution >= 4 is 0 Å². The zero-order chi connectivity index (χ0) is 8.57. The highest BCUT2D eigenvalue weighted by atomic mass is 16.3. The van der Waals surface area contributed by atoms with Crippen LogP contribution in [0.3, 0.4) is 0 Å². The van der Waals surface area contributed by atoms with Crippen LogP contribution in [0.15, 0.2) is 0 Å². The minimum absolute atomic E-state index is 0.115. The van der Waals surface area contributed by atoms with Crippen LogP contribution in [-0.4, -0.2) is 49.0 Å². The summed E-state index contributed by atoms with van der Waals surface area (Å²) in [6, 6.07) is 0. The number of hydrogen-bond donors (Lipinski definition) is 2. The Morgan fingerprint density at radius 3 is 1.60 bits per heavy atom. The summed E-state index contributed by atoms with van der Waals surface area (Å²) in [6.07, 6.45) is 0.126. The van der Waals surface area contributed by atoms with Gasteiger partial charge in [-0.1, -0.05) is 6.92 Å². The second-order valence-corrected chi connectivity index (χ2v) is 2.59. The predicted molar refractivity (Wildman–Crippen MR) is 43.0 cm³/mol. The molecule has 3 nitrogen and oxygen atoms in total. The number of aliphatic hydroxyl groups excluding tert-OH is 2. The van der Waals surface area contributed by atoms with Crippen LogP contribution in [0.1, 0.15) is 13.3 Å². The molecule has 0 saturated carbocycles. The smallest absolute Gasteiger partial charge is 0.0768 e. The third-order valence-electron chi connectivity index (χ3n) is 0.682. The van der Waals surface area contributed by atoms with Gasteiger partial charge in [0.15, 0.2) is 0 Å². The Labute approximate surface area is 63.3 Å². The molecule has 1 unspecified atom stereocenters. The second-order valence-electron chi connectivity index (χ2n) is 2.59. The monoisotopic (exact) mass is 149 g/mol. The predicted octanol–water partition coefficient (Wildman–Crippen LogP) is -0.0726. The van der Waals surface area contributed by atoms with Gasteiger partial charge in [0.05, 0.1) is 12.7 Å². The Hall–Kier alpha value is -0.120. The molecule has 3 heteroatoms. The standard InChI is InChI=1S/C4H10O2.C3H9N/c1-2-4(6)3-5;1-4(2)3/h4-6H,2-3H2,1H3;1-3H3. The van der Waals surface area contributed by atoms with Gasteiger partial charge in [0, 0.05) is 0 Å². The zero-order valence-corrected chi connectivity index (χ0v) is 7.33. The second kappa shape index (κ2) is 8.88. The first kappa shape index (κ1) is 12.5. The van der Waals surface area contributed by atoms with Gasteiger partial charge in [0.2, 0.25) is 0 Å². The highest BCUT2D eigenvalue weighted by Gasteiger charge is 1.92. The molecule has 0 heterocycles. The van der Waals surface area contributed by atoms with Crippen LogP contribution in [0.4, 0.5) is 0 Å². The molecule has 0 bridgehead atoms. The molecule has 0 aromatic carbocycles. The molecule has 0 radical (unpaired) electrons. The third kappa shape index (κ3) is 24.8. The van der Waals surface area contributed by atoms with E-state index in [1.54, 1.807) is 0 Å². The van der Waals surface area contributed by atoms with Crippen LogP contribution in [0, 0.1) is 0 Å². The van der Waals surface area contributed by atoms with Gasteiger partial charge in [-0.05, 0) is 27.6 Å². The maximum atomic E-state index is 8.42. The number of rotatable bonds is 2. The van der Waals surface area contributed by atoms with Crippen LogP contribution in [0.2, 0.25) is 0 Å². The van der Waals surface area contributed by atoms with E-state index < -0.39 is 6.10 Å². The van der Waals surface area contributed by atoms with Gasteiger partial charge >= 0.3 is 0 Å². The van der Waals surface area contributed by atoms with Gasteiger partial charge in [-0.3, -0.25) is 0 Å². The lowest BCUT2D eigenvalue weighted by Gasteiger charge is -1.97. The van der Waals surface area contributed by atoms with Crippen molar-refractivity contribution in [1.82, 2.24) is 4.90 Å². The number of aliphatic hydroxyl groups is 2. The van der Waals surface area contributed by atoms with Crippen molar-refractivity contribution in [3.8, 4) is 0 Å². The van der Waals surface area contributed by atoms with Crippen molar-refractivity contribution in [2.24, 2.45) is 0 Å². The van der Waals surface area contributed by atoms with Gasteiger partial charge in [-0.25, -0.2) is 0 Å². The molecule has 0 aliphatic carbocycles. The molecule has 0 rings (SSSR count). The average molecular weight is 149 g/mol. The highest BCUT2D eigenvalue weighted by molar-refractivity contribution is 4.43. The SMILES string of the molecule is CCC(O)CO.CN(C)C. The van der Waals surface area contributed by atoms with Crippen LogP contribution in [0.5, 0.6) is 0 Å². The molecular formula is C7H19NO2. The quantitative estimate of drug-likeness (QED) is 0.577. The van der Waals surface area contributed by atoms with Crippen LogP contribution in [-0.2, 0) is 0 Å². The lowest BCUT2D eigenvalue weighted by atomic mass is 10.3. The van der Waals surface area contributed by atoms with E-state index in [1.165, 1.54) is 0 Å². The number of nitrogens with zero attached hydrogens (tertiary/aromatic N) is 1. The summed E-state index contributed by atoms with van der Waals surface area (Å²) in [7, 11) is 6.00. The molecule has 0 fully saturated rings. The molecule has 0 aromatic heterocycles. The van der Waals surface area contributed by atoms with Crippen LogP contribution in [0.25, 0.3) is 0 Å². The van der Waals surface area contributed by atoms with Crippen molar-refractivity contribution < 1.29 is 10.2 Å². The molecule has 2 N–H and O–H groups in total. The first-order valence-electron chi connectivity index (χ1n) is 3.44. The topological polar surface area (TPSA) is 43.7 Å². The molecule has 0 saturated heterocycles. The van der Waals surface area contributed by atoms with E-state index in [9.17, 15) is 0 Å². The van der Waals surface area contributed by atoms with E-state index in [0.717, 1.165) is 0 Å². The van der Waals surface area contributed by atoms with Gasteiger partial charge < -0.3 is 15.1 Å². The summed E-state index contributed by atoms with van der Waals surface area (Å²) in [4.78, 5) is 2.00. The van der Waals surface area contributed by atoms with E-state index in [4.69, 9.17) is 10.2 Å². The van der Waals surface area contributed by atoms with E-state index in [1.807, 2.05) is 33.0 Å². The summed E-state index contributed by atoms with van der Waals surface area (Å²) in [5, 5.41) is 16.5. The maximum absolute atomic E-state index is 8.42. The minimum Gasteiger partial charge on any atom is -0.394 e. The summed E-state index contributed by atoms with van der Waals surface area (Å²) in [6.45, 7) is 1.71. The Bertz CT molecular complexity index is 50.8. The highest BCUT2D eigenvalue weighted by Crippen LogP contribution is 1.83. The fourth-order valence-electron chi connectivity index (χ4n) is 0.129. The molecule has 64 valence electrons. The maximum Gasteiger partial charge on any atom is 0.0768 e.